The molecule has 2 N–H and O–H groups in total. The second-order valence-electron chi connectivity index (χ2n) is 9.20. The molecule has 9 nitrogen and oxygen atoms in total. The van der Waals surface area contributed by atoms with Gasteiger partial charge in [0.05, 0.1) is 23.5 Å². The maximum Gasteiger partial charge on any atom is 0.338 e. The van der Waals surface area contributed by atoms with E-state index < -0.39 is 11.9 Å². The third-order valence-electron chi connectivity index (χ3n) is 6.33. The highest BCUT2D eigenvalue weighted by Crippen LogP contribution is 2.29. The molecule has 0 bridgehead atoms. The number of piperazine rings is 1. The minimum Gasteiger partial charge on any atom is -0.484 e. The Morgan fingerprint density at radius 3 is 2.27 bits per heavy atom. The topological polar surface area (TPSA) is 100 Å². The zero-order valence-electron chi connectivity index (χ0n) is 22.5. The number of ether oxygens (including phenoxy) is 2. The number of aryl methyl sites for hydroxylation is 1. The summed E-state index contributed by atoms with van der Waals surface area (Å²) in [7, 11) is 0. The molecule has 10 heteroatoms. The summed E-state index contributed by atoms with van der Waals surface area (Å²) in [6.45, 7) is 5.97. The molecule has 0 radical (unpaired) electrons. The fourth-order valence-corrected chi connectivity index (χ4v) is 4.49. The molecule has 1 aliphatic rings. The lowest BCUT2D eigenvalue weighted by Gasteiger charge is -2.37. The van der Waals surface area contributed by atoms with Crippen LogP contribution < -0.4 is 20.3 Å². The van der Waals surface area contributed by atoms with Crippen LogP contribution in [0, 0.1) is 6.92 Å². The van der Waals surface area contributed by atoms with Crippen molar-refractivity contribution in [3.05, 3.63) is 89.5 Å². The lowest BCUT2D eigenvalue weighted by molar-refractivity contribution is -0.121. The summed E-state index contributed by atoms with van der Waals surface area (Å²) < 4.78 is 10.7. The molecule has 1 fully saturated rings. The van der Waals surface area contributed by atoms with E-state index in [1.807, 2.05) is 60.4 Å². The van der Waals surface area contributed by atoms with E-state index in [9.17, 15) is 14.4 Å². The molecule has 0 aromatic heterocycles. The van der Waals surface area contributed by atoms with Crippen molar-refractivity contribution >= 4 is 46.5 Å². The Morgan fingerprint density at radius 2 is 1.60 bits per heavy atom. The minimum absolute atomic E-state index is 0.00648. The number of thiocarbonyl (C=S) groups is 1. The monoisotopic (exact) mass is 560 g/mol. The van der Waals surface area contributed by atoms with Crippen LogP contribution in [0.15, 0.2) is 72.8 Å². The van der Waals surface area contributed by atoms with Crippen LogP contribution in [0.2, 0.25) is 0 Å². The first-order valence-electron chi connectivity index (χ1n) is 13.0. The molecule has 0 atom stereocenters. The second-order valence-corrected chi connectivity index (χ2v) is 9.61. The predicted molar refractivity (Wildman–Crippen MR) is 158 cm³/mol. The molecule has 1 heterocycles. The van der Waals surface area contributed by atoms with Crippen LogP contribution >= 0.6 is 12.2 Å². The lowest BCUT2D eigenvalue weighted by Crippen LogP contribution is -2.49. The fraction of sp³-hybridized carbons (Fsp3) is 0.267. The van der Waals surface area contributed by atoms with Crippen molar-refractivity contribution in [2.75, 3.05) is 49.6 Å². The molecular formula is C30H32N4O5S. The number of rotatable bonds is 8. The molecule has 40 heavy (non-hydrogen) atoms. The fourth-order valence-electron chi connectivity index (χ4n) is 4.27. The maximum atomic E-state index is 12.9. The van der Waals surface area contributed by atoms with Gasteiger partial charge in [0.1, 0.15) is 5.75 Å². The average Bonchev–Trinajstić information content (AvgIpc) is 2.97. The summed E-state index contributed by atoms with van der Waals surface area (Å²) in [6, 6.07) is 21.7. The highest BCUT2D eigenvalue weighted by Gasteiger charge is 2.24. The van der Waals surface area contributed by atoms with E-state index in [-0.39, 0.29) is 24.2 Å². The number of nitrogens with one attached hydrogen (secondary N) is 2. The molecule has 208 valence electrons. The standard InChI is InChI=1S/C30H32N4O5S/c1-3-38-29(37)23-11-14-26(33-15-17-34(18-16-33)28(36)22-7-5-4-6-8-22)25(19-23)31-30(40)32-27(35)20-39-24-12-9-21(2)10-13-24/h4-14,19H,3,15-18,20H2,1-2H3,(H2,31,32,35,40). The Balaban J connectivity index is 1.42. The van der Waals surface area contributed by atoms with E-state index in [0.717, 1.165) is 11.3 Å². The third kappa shape index (κ3) is 7.57. The second kappa shape index (κ2) is 13.6. The molecule has 0 unspecified atom stereocenters. The van der Waals surface area contributed by atoms with Crippen molar-refractivity contribution in [2.24, 2.45) is 0 Å². The van der Waals surface area contributed by atoms with Crippen LogP contribution in [0.5, 0.6) is 5.75 Å². The molecule has 3 aromatic rings. The summed E-state index contributed by atoms with van der Waals surface area (Å²) in [5, 5.41) is 5.75. The van der Waals surface area contributed by atoms with Gasteiger partial charge in [-0.25, -0.2) is 4.79 Å². The van der Waals surface area contributed by atoms with Crippen molar-refractivity contribution in [1.29, 1.82) is 0 Å². The minimum atomic E-state index is -0.461. The maximum absolute atomic E-state index is 12.9. The van der Waals surface area contributed by atoms with Gasteiger partial charge in [-0.05, 0) is 68.5 Å². The first-order valence-corrected chi connectivity index (χ1v) is 13.5. The van der Waals surface area contributed by atoms with Crippen LogP contribution in [0.25, 0.3) is 0 Å². The SMILES string of the molecule is CCOC(=O)c1ccc(N2CCN(C(=O)c3ccccc3)CC2)c(NC(=S)NC(=O)COc2ccc(C)cc2)c1. The lowest BCUT2D eigenvalue weighted by atomic mass is 10.1. The smallest absolute Gasteiger partial charge is 0.338 e. The predicted octanol–water partition coefficient (Wildman–Crippen LogP) is 4.03. The summed E-state index contributed by atoms with van der Waals surface area (Å²) in [5.74, 6) is -0.312. The zero-order valence-corrected chi connectivity index (χ0v) is 23.3. The zero-order chi connectivity index (χ0) is 28.5. The molecule has 4 rings (SSSR count). The van der Waals surface area contributed by atoms with E-state index in [2.05, 4.69) is 15.5 Å². The van der Waals surface area contributed by atoms with Gasteiger partial charge in [0.2, 0.25) is 0 Å². The number of esters is 1. The van der Waals surface area contributed by atoms with Gasteiger partial charge in [-0.1, -0.05) is 35.9 Å². The van der Waals surface area contributed by atoms with Gasteiger partial charge in [0, 0.05) is 31.7 Å². The molecule has 1 aliphatic heterocycles. The van der Waals surface area contributed by atoms with Crippen LogP contribution in [-0.2, 0) is 9.53 Å². The van der Waals surface area contributed by atoms with Crippen LogP contribution in [-0.4, -0.2) is 67.2 Å². The highest BCUT2D eigenvalue weighted by atomic mass is 32.1. The van der Waals surface area contributed by atoms with Crippen molar-refractivity contribution in [1.82, 2.24) is 10.2 Å². The number of hydrogen-bond donors (Lipinski definition) is 2. The van der Waals surface area contributed by atoms with Gasteiger partial charge in [0.25, 0.3) is 11.8 Å². The van der Waals surface area contributed by atoms with Crippen molar-refractivity contribution in [3.63, 3.8) is 0 Å². The number of hydrogen-bond acceptors (Lipinski definition) is 7. The van der Waals surface area contributed by atoms with Gasteiger partial charge in [-0.2, -0.15) is 0 Å². The van der Waals surface area contributed by atoms with Gasteiger partial charge in [0.15, 0.2) is 11.7 Å². The largest absolute Gasteiger partial charge is 0.484 e. The molecule has 0 spiro atoms. The van der Waals surface area contributed by atoms with Gasteiger partial charge >= 0.3 is 5.97 Å². The molecule has 3 aromatic carbocycles. The number of anilines is 2. The summed E-state index contributed by atoms with van der Waals surface area (Å²) >= 11 is 5.40. The molecular weight excluding hydrogens is 528 g/mol. The number of nitrogens with zero attached hydrogens (tertiary/aromatic N) is 2. The molecule has 1 saturated heterocycles. The number of amides is 2. The van der Waals surface area contributed by atoms with Gasteiger partial charge < -0.3 is 24.6 Å². The highest BCUT2D eigenvalue weighted by molar-refractivity contribution is 7.80. The van der Waals surface area contributed by atoms with Crippen molar-refractivity contribution < 1.29 is 23.9 Å². The molecule has 0 saturated carbocycles. The third-order valence-corrected chi connectivity index (χ3v) is 6.53. The van der Waals surface area contributed by atoms with Gasteiger partial charge in [-0.3, -0.25) is 14.9 Å². The van der Waals surface area contributed by atoms with Crippen molar-refractivity contribution in [3.8, 4) is 5.75 Å². The first kappa shape index (κ1) is 28.6. The van der Waals surface area contributed by atoms with Crippen LogP contribution in [0.3, 0.4) is 0 Å². The Morgan fingerprint density at radius 1 is 0.900 bits per heavy atom. The summed E-state index contributed by atoms with van der Waals surface area (Å²) in [6.07, 6.45) is 0. The van der Waals surface area contributed by atoms with Crippen LogP contribution in [0.4, 0.5) is 11.4 Å². The average molecular weight is 561 g/mol. The number of carbonyl (C=O) groups excluding carboxylic acids is 3. The van der Waals surface area contributed by atoms with E-state index in [0.29, 0.717) is 48.7 Å². The summed E-state index contributed by atoms with van der Waals surface area (Å²) in [4.78, 5) is 41.7. The first-order chi connectivity index (χ1) is 19.3. The van der Waals surface area contributed by atoms with E-state index in [1.165, 1.54) is 0 Å². The Labute approximate surface area is 239 Å². The van der Waals surface area contributed by atoms with E-state index in [1.54, 1.807) is 31.2 Å². The van der Waals surface area contributed by atoms with Gasteiger partial charge in [-0.15, -0.1) is 0 Å². The van der Waals surface area contributed by atoms with Crippen LogP contribution in [0.1, 0.15) is 33.2 Å². The van der Waals surface area contributed by atoms with E-state index >= 15 is 0 Å². The number of benzene rings is 3. The Hall–Kier alpha value is -4.44. The Kier molecular flexibility index (Phi) is 9.69. The number of carbonyl (C=O) groups is 3. The molecule has 0 aliphatic carbocycles. The summed E-state index contributed by atoms with van der Waals surface area (Å²) in [5.41, 5.74) is 3.42. The molecule has 2 amide bonds. The van der Waals surface area contributed by atoms with Crippen molar-refractivity contribution in [2.45, 2.75) is 13.8 Å². The normalized spacial score (nSPS) is 12.8. The Bertz CT molecular complexity index is 1360. The van der Waals surface area contributed by atoms with E-state index in [4.69, 9.17) is 21.7 Å². The quantitative estimate of drug-likeness (QED) is 0.315.